The monoisotopic (exact) mass is 451 g/mol. The van der Waals surface area contributed by atoms with Crippen LogP contribution < -0.4 is 10.1 Å². The maximum Gasteiger partial charge on any atom is 0.396 e. The fourth-order valence-corrected chi connectivity index (χ4v) is 3.10. The number of hydrogen-bond donors (Lipinski definition) is 1. The summed E-state index contributed by atoms with van der Waals surface area (Å²) in [4.78, 5) is 22.8. The number of carbonyl (C=O) groups is 2. The van der Waals surface area contributed by atoms with Crippen LogP contribution in [0.1, 0.15) is 0 Å². The van der Waals surface area contributed by atoms with Crippen molar-refractivity contribution in [3.05, 3.63) is 63.7 Å². The van der Waals surface area contributed by atoms with Crippen LogP contribution in [-0.2, 0) is 14.3 Å². The minimum Gasteiger partial charge on any atom is -0.462 e. The van der Waals surface area contributed by atoms with Crippen LogP contribution in [0.15, 0.2) is 48.5 Å². The van der Waals surface area contributed by atoms with E-state index in [1.165, 1.54) is 12.1 Å². The minimum atomic E-state index is -1.05. The van der Waals surface area contributed by atoms with Crippen molar-refractivity contribution in [1.29, 1.82) is 0 Å². The average molecular weight is 453 g/mol. The molecule has 0 unspecified atom stereocenters. The summed E-state index contributed by atoms with van der Waals surface area (Å²) in [5.74, 6) is -1.81. The Morgan fingerprint density at radius 2 is 1.62 bits per heavy atom. The molecule has 0 spiro atoms. The van der Waals surface area contributed by atoms with Gasteiger partial charge in [0.05, 0.1) is 17.2 Å². The van der Waals surface area contributed by atoms with Crippen molar-refractivity contribution >= 4 is 52.4 Å². The third-order valence-corrected chi connectivity index (χ3v) is 4.49. The van der Waals surface area contributed by atoms with Crippen LogP contribution in [0, 0.1) is 0 Å². The van der Waals surface area contributed by atoms with E-state index in [0.717, 1.165) is 12.7 Å². The van der Waals surface area contributed by atoms with Gasteiger partial charge in [-0.15, -0.1) is 10.2 Å². The predicted octanol–water partition coefficient (Wildman–Crippen LogP) is 5.01. The maximum absolute atomic E-state index is 11.6. The summed E-state index contributed by atoms with van der Waals surface area (Å²) >= 11 is 18.6. The second-order valence-corrected chi connectivity index (χ2v) is 6.74. The highest BCUT2D eigenvalue weighted by molar-refractivity contribution is 6.39. The lowest BCUT2D eigenvalue weighted by Gasteiger charge is -2.12. The van der Waals surface area contributed by atoms with Gasteiger partial charge in [0.2, 0.25) is 5.88 Å². The van der Waals surface area contributed by atoms with E-state index >= 15 is 0 Å². The molecule has 0 saturated carbocycles. The second kappa shape index (κ2) is 9.09. The number of carbonyl (C=O) groups excluding carboxylic acids is 2. The number of methoxy groups -OCH3 is 1. The van der Waals surface area contributed by atoms with E-state index in [4.69, 9.17) is 39.5 Å². The number of rotatable bonds is 4. The zero-order valence-electron chi connectivity index (χ0n) is 14.8. The first-order valence-corrected chi connectivity index (χ1v) is 9.17. The van der Waals surface area contributed by atoms with Gasteiger partial charge in [0.1, 0.15) is 0 Å². The van der Waals surface area contributed by atoms with E-state index in [1.54, 1.807) is 6.07 Å². The third kappa shape index (κ3) is 4.95. The van der Waals surface area contributed by atoms with Crippen molar-refractivity contribution in [3.63, 3.8) is 0 Å². The first-order valence-electron chi connectivity index (χ1n) is 8.04. The van der Waals surface area contributed by atoms with Gasteiger partial charge in [0, 0.05) is 17.3 Å². The van der Waals surface area contributed by atoms with Crippen molar-refractivity contribution in [3.8, 4) is 22.8 Å². The van der Waals surface area contributed by atoms with Crippen LogP contribution in [0.5, 0.6) is 11.6 Å². The molecule has 1 amide bonds. The number of esters is 1. The molecule has 29 heavy (non-hydrogen) atoms. The molecule has 0 atom stereocenters. The van der Waals surface area contributed by atoms with Gasteiger partial charge in [0.15, 0.2) is 10.9 Å². The first-order chi connectivity index (χ1) is 13.9. The van der Waals surface area contributed by atoms with Gasteiger partial charge in [-0.3, -0.25) is 4.79 Å². The molecule has 10 heteroatoms. The molecule has 0 aliphatic carbocycles. The summed E-state index contributed by atoms with van der Waals surface area (Å²) < 4.78 is 10.0. The largest absolute Gasteiger partial charge is 0.462 e. The predicted molar refractivity (Wildman–Crippen MR) is 110 cm³/mol. The number of nitrogens with one attached hydrogen (secondary N) is 1. The maximum atomic E-state index is 11.6. The van der Waals surface area contributed by atoms with Crippen LogP contribution in [-0.4, -0.2) is 29.2 Å². The van der Waals surface area contributed by atoms with Gasteiger partial charge in [-0.1, -0.05) is 65.1 Å². The summed E-state index contributed by atoms with van der Waals surface area (Å²) in [5, 5.41) is 10.5. The standard InChI is InChI=1S/C19H12Cl3N3O4/c1-28-19(27)18(26)23-11-7-13(20)16(14(21)8-11)29-15-9-12(17(22)25-24-15)10-5-3-2-4-6-10/h2-9H,1H3,(H,23,26). The highest BCUT2D eigenvalue weighted by Crippen LogP contribution is 2.39. The van der Waals surface area contributed by atoms with Crippen molar-refractivity contribution < 1.29 is 19.1 Å². The molecule has 0 fully saturated rings. The van der Waals surface area contributed by atoms with Gasteiger partial charge in [0.25, 0.3) is 0 Å². The normalized spacial score (nSPS) is 10.3. The van der Waals surface area contributed by atoms with Gasteiger partial charge >= 0.3 is 11.9 Å². The number of benzene rings is 2. The Morgan fingerprint density at radius 3 is 2.24 bits per heavy atom. The Balaban J connectivity index is 1.87. The van der Waals surface area contributed by atoms with E-state index in [2.05, 4.69) is 20.3 Å². The smallest absolute Gasteiger partial charge is 0.396 e. The van der Waals surface area contributed by atoms with Gasteiger partial charge in [-0.05, 0) is 17.7 Å². The fourth-order valence-electron chi connectivity index (χ4n) is 2.34. The number of halogens is 3. The lowest BCUT2D eigenvalue weighted by atomic mass is 10.1. The van der Waals surface area contributed by atoms with E-state index in [0.29, 0.717) is 5.56 Å². The fraction of sp³-hybridized carbons (Fsp3) is 0.0526. The summed E-state index contributed by atoms with van der Waals surface area (Å²) in [5.41, 5.74) is 1.64. The van der Waals surface area contributed by atoms with Crippen LogP contribution in [0.25, 0.3) is 11.1 Å². The molecule has 3 aromatic rings. The number of anilines is 1. The van der Waals surface area contributed by atoms with Crippen molar-refractivity contribution in [2.24, 2.45) is 0 Å². The molecule has 1 N–H and O–H groups in total. The Hall–Kier alpha value is -2.87. The third-order valence-electron chi connectivity index (χ3n) is 3.64. The summed E-state index contributed by atoms with van der Waals surface area (Å²) in [7, 11) is 1.09. The van der Waals surface area contributed by atoms with Crippen LogP contribution >= 0.6 is 34.8 Å². The number of hydrogen-bond acceptors (Lipinski definition) is 6. The van der Waals surface area contributed by atoms with Crippen LogP contribution in [0.2, 0.25) is 15.2 Å². The number of ether oxygens (including phenoxy) is 2. The molecule has 0 saturated heterocycles. The SMILES string of the molecule is COC(=O)C(=O)Nc1cc(Cl)c(Oc2cc(-c3ccccc3)c(Cl)nn2)c(Cl)c1. The van der Waals surface area contributed by atoms with Crippen molar-refractivity contribution in [1.82, 2.24) is 10.2 Å². The molecular weight excluding hydrogens is 441 g/mol. The lowest BCUT2D eigenvalue weighted by Crippen LogP contribution is -2.23. The van der Waals surface area contributed by atoms with Gasteiger partial charge in [-0.25, -0.2) is 4.79 Å². The molecule has 2 aromatic carbocycles. The number of aromatic nitrogens is 2. The zero-order chi connectivity index (χ0) is 21.0. The molecule has 0 bridgehead atoms. The summed E-state index contributed by atoms with van der Waals surface area (Å²) in [6.07, 6.45) is 0. The molecule has 0 aliphatic rings. The molecule has 3 rings (SSSR count). The van der Waals surface area contributed by atoms with E-state index in [9.17, 15) is 9.59 Å². The molecule has 1 heterocycles. The van der Waals surface area contributed by atoms with Gasteiger partial charge < -0.3 is 14.8 Å². The summed E-state index contributed by atoms with van der Waals surface area (Å²) in [6, 6.07) is 13.7. The molecular formula is C19H12Cl3N3O4. The lowest BCUT2D eigenvalue weighted by molar-refractivity contribution is -0.150. The molecule has 7 nitrogen and oxygen atoms in total. The molecule has 148 valence electrons. The number of amides is 1. The first kappa shape index (κ1) is 20.9. The highest BCUT2D eigenvalue weighted by Gasteiger charge is 2.18. The Bertz CT molecular complexity index is 1050. The van der Waals surface area contributed by atoms with E-state index in [1.807, 2.05) is 30.3 Å². The Morgan fingerprint density at radius 1 is 0.966 bits per heavy atom. The molecule has 0 radical (unpaired) electrons. The zero-order valence-corrected chi connectivity index (χ0v) is 17.0. The van der Waals surface area contributed by atoms with Crippen molar-refractivity contribution in [2.75, 3.05) is 12.4 Å². The molecule has 1 aromatic heterocycles. The number of nitrogens with zero attached hydrogens (tertiary/aromatic N) is 2. The van der Waals surface area contributed by atoms with E-state index < -0.39 is 11.9 Å². The van der Waals surface area contributed by atoms with E-state index in [-0.39, 0.29) is 32.5 Å². The minimum absolute atomic E-state index is 0.0793. The van der Waals surface area contributed by atoms with Crippen LogP contribution in [0.3, 0.4) is 0 Å². The molecule has 0 aliphatic heterocycles. The van der Waals surface area contributed by atoms with Gasteiger partial charge in [-0.2, -0.15) is 0 Å². The Labute approximate surface area is 180 Å². The summed E-state index contributed by atoms with van der Waals surface area (Å²) in [6.45, 7) is 0. The quantitative estimate of drug-likeness (QED) is 0.442. The topological polar surface area (TPSA) is 90.4 Å². The Kier molecular flexibility index (Phi) is 6.53. The average Bonchev–Trinajstić information content (AvgIpc) is 2.71. The second-order valence-electron chi connectivity index (χ2n) is 5.57. The highest BCUT2D eigenvalue weighted by atomic mass is 35.5. The van der Waals surface area contributed by atoms with Crippen molar-refractivity contribution in [2.45, 2.75) is 0 Å². The van der Waals surface area contributed by atoms with Crippen LogP contribution in [0.4, 0.5) is 5.69 Å².